The molecule has 1 heterocycles. The van der Waals surface area contributed by atoms with Crippen molar-refractivity contribution in [2.24, 2.45) is 5.41 Å². The van der Waals surface area contributed by atoms with Gasteiger partial charge >= 0.3 is 0 Å². The molecule has 2 unspecified atom stereocenters. The molecule has 0 saturated carbocycles. The van der Waals surface area contributed by atoms with Gasteiger partial charge in [0.1, 0.15) is 0 Å². The summed E-state index contributed by atoms with van der Waals surface area (Å²) >= 11 is 5.43. The highest BCUT2D eigenvalue weighted by Gasteiger charge is 2.32. The number of methoxy groups -OCH3 is 1. The maximum absolute atomic E-state index is 5.79. The Balaban J connectivity index is 2.84. The largest absolute Gasteiger partial charge is 0.379 e. The van der Waals surface area contributed by atoms with Crippen molar-refractivity contribution in [3.8, 4) is 0 Å². The van der Waals surface area contributed by atoms with Gasteiger partial charge in [0, 0.05) is 28.9 Å². The minimum absolute atomic E-state index is 0.129. The number of thiophene rings is 1. The van der Waals surface area contributed by atoms with Crippen LogP contribution in [0.3, 0.4) is 0 Å². The van der Waals surface area contributed by atoms with Gasteiger partial charge in [-0.1, -0.05) is 27.7 Å². The Bertz CT molecular complexity index is 372. The first-order valence-corrected chi connectivity index (χ1v) is 8.55. The maximum atomic E-state index is 5.79. The van der Waals surface area contributed by atoms with Gasteiger partial charge in [0.25, 0.3) is 0 Å². The molecule has 0 radical (unpaired) electrons. The van der Waals surface area contributed by atoms with Gasteiger partial charge in [0.05, 0.1) is 6.10 Å². The molecule has 110 valence electrons. The molecule has 1 N–H and O–H groups in total. The van der Waals surface area contributed by atoms with Gasteiger partial charge in [-0.05, 0) is 45.8 Å². The molecule has 2 atom stereocenters. The predicted molar refractivity (Wildman–Crippen MR) is 88.1 cm³/mol. The van der Waals surface area contributed by atoms with Gasteiger partial charge in [-0.2, -0.15) is 0 Å². The second kappa shape index (κ2) is 7.77. The molecule has 0 aliphatic carbocycles. The van der Waals surface area contributed by atoms with E-state index in [1.54, 1.807) is 0 Å². The fraction of sp³-hybridized carbons (Fsp3) is 0.733. The number of ether oxygens (including phenoxy) is 1. The van der Waals surface area contributed by atoms with Crippen LogP contribution in [0.25, 0.3) is 0 Å². The van der Waals surface area contributed by atoms with E-state index in [-0.39, 0.29) is 11.5 Å². The molecule has 19 heavy (non-hydrogen) atoms. The number of rotatable bonds is 7. The van der Waals surface area contributed by atoms with Crippen LogP contribution in [0.2, 0.25) is 0 Å². The average molecular weight is 348 g/mol. The van der Waals surface area contributed by atoms with Crippen molar-refractivity contribution < 1.29 is 4.74 Å². The van der Waals surface area contributed by atoms with Crippen molar-refractivity contribution in [3.63, 3.8) is 0 Å². The highest BCUT2D eigenvalue weighted by Crippen LogP contribution is 2.30. The Morgan fingerprint density at radius 1 is 1.42 bits per heavy atom. The van der Waals surface area contributed by atoms with Crippen LogP contribution in [0.5, 0.6) is 0 Å². The molecule has 0 amide bonds. The summed E-state index contributed by atoms with van der Waals surface area (Å²) in [5, 5.41) is 5.79. The number of hydrogen-bond donors (Lipinski definition) is 1. The lowest BCUT2D eigenvalue weighted by Gasteiger charge is -2.36. The van der Waals surface area contributed by atoms with Gasteiger partial charge in [-0.15, -0.1) is 11.3 Å². The first-order chi connectivity index (χ1) is 8.90. The Hall–Kier alpha value is 0.1000. The van der Waals surface area contributed by atoms with Crippen molar-refractivity contribution in [2.45, 2.75) is 52.7 Å². The fourth-order valence-electron chi connectivity index (χ4n) is 2.41. The third kappa shape index (κ3) is 5.18. The van der Waals surface area contributed by atoms with E-state index < -0.39 is 0 Å². The minimum Gasteiger partial charge on any atom is -0.379 e. The highest BCUT2D eigenvalue weighted by atomic mass is 79.9. The fourth-order valence-corrected chi connectivity index (χ4v) is 3.98. The van der Waals surface area contributed by atoms with Gasteiger partial charge < -0.3 is 10.1 Å². The summed E-state index contributed by atoms with van der Waals surface area (Å²) in [4.78, 5) is 1.39. The van der Waals surface area contributed by atoms with E-state index in [9.17, 15) is 0 Å². The van der Waals surface area contributed by atoms with Crippen LogP contribution in [0.1, 0.15) is 39.0 Å². The van der Waals surface area contributed by atoms with Crippen molar-refractivity contribution in [2.75, 3.05) is 13.7 Å². The van der Waals surface area contributed by atoms with Crippen LogP contribution in [0.15, 0.2) is 15.9 Å². The van der Waals surface area contributed by atoms with E-state index >= 15 is 0 Å². The SMILES string of the molecule is CCCNC(Cc1sccc1Br)C(OC)C(C)(C)C. The van der Waals surface area contributed by atoms with Crippen LogP contribution in [-0.4, -0.2) is 25.8 Å². The van der Waals surface area contributed by atoms with E-state index in [1.165, 1.54) is 9.35 Å². The molecular weight excluding hydrogens is 322 g/mol. The molecular formula is C15H26BrNOS. The number of halogens is 1. The first kappa shape index (κ1) is 17.2. The van der Waals surface area contributed by atoms with Crippen LogP contribution in [0.4, 0.5) is 0 Å². The summed E-state index contributed by atoms with van der Waals surface area (Å²) in [7, 11) is 1.82. The lowest BCUT2D eigenvalue weighted by atomic mass is 9.83. The third-order valence-corrected chi connectivity index (χ3v) is 5.17. The monoisotopic (exact) mass is 347 g/mol. The summed E-state index contributed by atoms with van der Waals surface area (Å²) in [5.41, 5.74) is 0.129. The molecule has 0 spiro atoms. The predicted octanol–water partition coefficient (Wildman–Crippen LogP) is 4.48. The van der Waals surface area contributed by atoms with E-state index in [1.807, 2.05) is 18.4 Å². The minimum atomic E-state index is 0.129. The van der Waals surface area contributed by atoms with Gasteiger partial charge in [-0.3, -0.25) is 0 Å². The number of nitrogens with one attached hydrogen (secondary N) is 1. The topological polar surface area (TPSA) is 21.3 Å². The molecule has 0 aliphatic rings. The first-order valence-electron chi connectivity index (χ1n) is 6.88. The standard InChI is InChI=1S/C15H26BrNOS/c1-6-8-17-12(14(18-5)15(2,3)4)10-13-11(16)7-9-19-13/h7,9,12,14,17H,6,8,10H2,1-5H3. The van der Waals surface area contributed by atoms with Gasteiger partial charge in [0.2, 0.25) is 0 Å². The molecule has 1 rings (SSSR count). The maximum Gasteiger partial charge on any atom is 0.0775 e. The summed E-state index contributed by atoms with van der Waals surface area (Å²) in [6, 6.07) is 2.47. The average Bonchev–Trinajstić information content (AvgIpc) is 2.70. The Kier molecular flexibility index (Phi) is 7.01. The quantitative estimate of drug-likeness (QED) is 0.784. The smallest absolute Gasteiger partial charge is 0.0775 e. The van der Waals surface area contributed by atoms with E-state index in [0.29, 0.717) is 6.04 Å². The Morgan fingerprint density at radius 3 is 2.53 bits per heavy atom. The van der Waals surface area contributed by atoms with Crippen molar-refractivity contribution in [3.05, 3.63) is 20.8 Å². The van der Waals surface area contributed by atoms with Crippen LogP contribution >= 0.6 is 27.3 Å². The normalized spacial score (nSPS) is 15.5. The zero-order valence-electron chi connectivity index (χ0n) is 12.6. The van der Waals surface area contributed by atoms with Crippen molar-refractivity contribution >= 4 is 27.3 Å². The lowest BCUT2D eigenvalue weighted by molar-refractivity contribution is -0.0108. The molecule has 0 aromatic carbocycles. The molecule has 0 aliphatic heterocycles. The molecule has 4 heteroatoms. The lowest BCUT2D eigenvalue weighted by Crippen LogP contribution is -2.49. The van der Waals surface area contributed by atoms with Crippen LogP contribution in [0, 0.1) is 5.41 Å². The third-order valence-electron chi connectivity index (χ3n) is 3.23. The molecule has 1 aromatic rings. The summed E-state index contributed by atoms with van der Waals surface area (Å²) < 4.78 is 7.00. The highest BCUT2D eigenvalue weighted by molar-refractivity contribution is 9.10. The second-order valence-electron chi connectivity index (χ2n) is 5.98. The Labute approximate surface area is 130 Å². The zero-order chi connectivity index (χ0) is 14.5. The number of hydrogen-bond acceptors (Lipinski definition) is 3. The van der Waals surface area contributed by atoms with Crippen LogP contribution < -0.4 is 5.32 Å². The van der Waals surface area contributed by atoms with Gasteiger partial charge in [-0.25, -0.2) is 0 Å². The molecule has 0 bridgehead atoms. The Morgan fingerprint density at radius 2 is 2.11 bits per heavy atom. The second-order valence-corrected chi connectivity index (χ2v) is 7.83. The molecule has 0 saturated heterocycles. The molecule has 0 fully saturated rings. The summed E-state index contributed by atoms with van der Waals surface area (Å²) in [5.74, 6) is 0. The van der Waals surface area contributed by atoms with Gasteiger partial charge in [0.15, 0.2) is 0 Å². The van der Waals surface area contributed by atoms with Crippen molar-refractivity contribution in [1.29, 1.82) is 0 Å². The van der Waals surface area contributed by atoms with E-state index in [4.69, 9.17) is 4.74 Å². The molecule has 1 aromatic heterocycles. The van der Waals surface area contributed by atoms with Crippen LogP contribution in [-0.2, 0) is 11.2 Å². The summed E-state index contributed by atoms with van der Waals surface area (Å²) in [6.07, 6.45) is 2.35. The van der Waals surface area contributed by atoms with E-state index in [2.05, 4.69) is 60.4 Å². The molecule has 2 nitrogen and oxygen atoms in total. The zero-order valence-corrected chi connectivity index (χ0v) is 15.0. The van der Waals surface area contributed by atoms with E-state index in [0.717, 1.165) is 19.4 Å². The van der Waals surface area contributed by atoms with Crippen molar-refractivity contribution in [1.82, 2.24) is 5.32 Å². The summed E-state index contributed by atoms with van der Waals surface area (Å²) in [6.45, 7) is 9.95.